The number of alkyl halides is 2. The number of aromatic amines is 1. The standard InChI is InChI=1S/C11H8F2N4.C5H10O2/c12-11(13)17-6-8(5-16-17)10-3-9-7(4-15-10)1-2-14-9;1-5(2,3)7-4-6/h1-6,11,14H;4H,1-3H3. The molecule has 0 aromatic carbocycles. The second-order valence-electron chi connectivity index (χ2n) is 5.95. The number of hydrogen-bond donors (Lipinski definition) is 1. The highest BCUT2D eigenvalue weighted by molar-refractivity contribution is 5.82. The molecule has 0 bridgehead atoms. The smallest absolute Gasteiger partial charge is 0.333 e. The number of carbonyl (C=O) groups excluding carboxylic acids is 1. The molecule has 3 aromatic heterocycles. The molecule has 0 aliphatic heterocycles. The summed E-state index contributed by atoms with van der Waals surface area (Å²) in [5.74, 6) is 0. The predicted molar refractivity (Wildman–Crippen MR) is 85.5 cm³/mol. The number of H-pyrrole nitrogens is 1. The van der Waals surface area contributed by atoms with Crippen LogP contribution < -0.4 is 0 Å². The van der Waals surface area contributed by atoms with Crippen LogP contribution in [0.1, 0.15) is 27.3 Å². The molecule has 3 aromatic rings. The number of aromatic nitrogens is 4. The van der Waals surface area contributed by atoms with E-state index in [0.717, 1.165) is 10.9 Å². The Balaban J connectivity index is 0.000000256. The first-order valence-electron chi connectivity index (χ1n) is 7.17. The highest BCUT2D eigenvalue weighted by Crippen LogP contribution is 2.22. The van der Waals surface area contributed by atoms with Crippen molar-refractivity contribution in [2.24, 2.45) is 0 Å². The summed E-state index contributed by atoms with van der Waals surface area (Å²) in [4.78, 5) is 16.8. The summed E-state index contributed by atoms with van der Waals surface area (Å²) < 4.78 is 29.9. The molecule has 8 heteroatoms. The largest absolute Gasteiger partial charge is 0.462 e. The first-order valence-corrected chi connectivity index (χ1v) is 7.17. The van der Waals surface area contributed by atoms with E-state index in [9.17, 15) is 13.6 Å². The molecule has 0 aliphatic rings. The molecule has 0 spiro atoms. The van der Waals surface area contributed by atoms with Crippen molar-refractivity contribution in [3.8, 4) is 11.3 Å². The molecule has 0 amide bonds. The molecule has 0 radical (unpaired) electrons. The molecule has 3 rings (SSSR count). The van der Waals surface area contributed by atoms with Gasteiger partial charge in [0.1, 0.15) is 5.60 Å². The van der Waals surface area contributed by atoms with Crippen LogP contribution in [0.15, 0.2) is 36.9 Å². The number of rotatable bonds is 3. The lowest BCUT2D eigenvalue weighted by molar-refractivity contribution is -0.138. The van der Waals surface area contributed by atoms with Crippen LogP contribution in [-0.2, 0) is 9.53 Å². The normalized spacial score (nSPS) is 11.2. The van der Waals surface area contributed by atoms with Gasteiger partial charge in [-0.2, -0.15) is 13.9 Å². The number of ether oxygens (including phenoxy) is 1. The van der Waals surface area contributed by atoms with Gasteiger partial charge in [0.2, 0.25) is 0 Å². The van der Waals surface area contributed by atoms with Gasteiger partial charge in [0.15, 0.2) is 0 Å². The van der Waals surface area contributed by atoms with Gasteiger partial charge in [0.05, 0.1) is 11.9 Å². The third kappa shape index (κ3) is 4.61. The summed E-state index contributed by atoms with van der Waals surface area (Å²) in [7, 11) is 0. The van der Waals surface area contributed by atoms with Crippen molar-refractivity contribution in [1.29, 1.82) is 0 Å². The van der Waals surface area contributed by atoms with Crippen molar-refractivity contribution in [1.82, 2.24) is 19.7 Å². The van der Waals surface area contributed by atoms with E-state index in [2.05, 4.69) is 19.8 Å². The third-order valence-corrected chi connectivity index (χ3v) is 2.94. The van der Waals surface area contributed by atoms with Crippen molar-refractivity contribution in [2.45, 2.75) is 32.9 Å². The van der Waals surface area contributed by atoms with Crippen molar-refractivity contribution in [2.75, 3.05) is 0 Å². The molecular formula is C16H18F2N4O2. The Morgan fingerprint density at radius 3 is 2.62 bits per heavy atom. The number of hydrogen-bond acceptors (Lipinski definition) is 4. The summed E-state index contributed by atoms with van der Waals surface area (Å²) in [5, 5.41) is 4.56. The van der Waals surface area contributed by atoms with E-state index >= 15 is 0 Å². The second kappa shape index (κ2) is 7.20. The summed E-state index contributed by atoms with van der Waals surface area (Å²) in [6.45, 7) is 3.29. The second-order valence-corrected chi connectivity index (χ2v) is 5.95. The van der Waals surface area contributed by atoms with Crippen LogP contribution in [0.4, 0.5) is 8.78 Å². The van der Waals surface area contributed by atoms with Crippen molar-refractivity contribution in [3.05, 3.63) is 36.9 Å². The Morgan fingerprint density at radius 2 is 2.08 bits per heavy atom. The van der Waals surface area contributed by atoms with Gasteiger partial charge >= 0.3 is 6.55 Å². The lowest BCUT2D eigenvalue weighted by Crippen LogP contribution is -2.17. The van der Waals surface area contributed by atoms with Crippen LogP contribution in [0.25, 0.3) is 22.2 Å². The molecule has 0 saturated carbocycles. The van der Waals surface area contributed by atoms with Gasteiger partial charge in [-0.25, -0.2) is 4.68 Å². The van der Waals surface area contributed by atoms with E-state index in [1.807, 2.05) is 32.9 Å². The van der Waals surface area contributed by atoms with E-state index in [-0.39, 0.29) is 5.60 Å². The minimum absolute atomic E-state index is 0.318. The van der Waals surface area contributed by atoms with Gasteiger partial charge in [-0.3, -0.25) is 9.78 Å². The number of nitrogens with one attached hydrogen (secondary N) is 1. The zero-order valence-corrected chi connectivity index (χ0v) is 13.5. The maximum atomic E-state index is 12.4. The molecule has 3 heterocycles. The molecule has 24 heavy (non-hydrogen) atoms. The van der Waals surface area contributed by atoms with Gasteiger partial charge in [-0.05, 0) is 32.9 Å². The summed E-state index contributed by atoms with van der Waals surface area (Å²) in [6.07, 6.45) is 6.16. The average Bonchev–Trinajstić information content (AvgIpc) is 3.15. The lowest BCUT2D eigenvalue weighted by atomic mass is 10.2. The van der Waals surface area contributed by atoms with E-state index in [0.29, 0.717) is 22.4 Å². The van der Waals surface area contributed by atoms with Crippen LogP contribution >= 0.6 is 0 Å². The van der Waals surface area contributed by atoms with Crippen LogP contribution in [0.2, 0.25) is 0 Å². The van der Waals surface area contributed by atoms with E-state index < -0.39 is 6.55 Å². The quantitative estimate of drug-likeness (QED) is 0.739. The Morgan fingerprint density at radius 1 is 1.33 bits per heavy atom. The van der Waals surface area contributed by atoms with E-state index in [1.54, 1.807) is 12.4 Å². The summed E-state index contributed by atoms with van der Waals surface area (Å²) in [6, 6.07) is 3.71. The first kappa shape index (κ1) is 17.6. The van der Waals surface area contributed by atoms with Crippen molar-refractivity contribution >= 4 is 17.4 Å². The fraction of sp³-hybridized carbons (Fsp3) is 0.312. The Labute approximate surface area is 137 Å². The molecule has 6 nitrogen and oxygen atoms in total. The number of carbonyl (C=O) groups is 1. The van der Waals surface area contributed by atoms with Gasteiger partial charge < -0.3 is 9.72 Å². The monoisotopic (exact) mass is 336 g/mol. The van der Waals surface area contributed by atoms with Crippen LogP contribution in [0.3, 0.4) is 0 Å². The molecule has 0 atom stereocenters. The molecular weight excluding hydrogens is 318 g/mol. The maximum Gasteiger partial charge on any atom is 0.333 e. The lowest BCUT2D eigenvalue weighted by Gasteiger charge is -2.14. The minimum atomic E-state index is -2.63. The van der Waals surface area contributed by atoms with Crippen LogP contribution in [-0.4, -0.2) is 31.8 Å². The Kier molecular flexibility index (Phi) is 5.28. The van der Waals surface area contributed by atoms with Gasteiger partial charge in [0, 0.05) is 35.1 Å². The zero-order chi connectivity index (χ0) is 17.7. The van der Waals surface area contributed by atoms with Crippen molar-refractivity contribution < 1.29 is 18.3 Å². The summed E-state index contributed by atoms with van der Waals surface area (Å²) in [5.41, 5.74) is 1.79. The molecule has 0 fully saturated rings. The van der Waals surface area contributed by atoms with Gasteiger partial charge in [0.25, 0.3) is 6.47 Å². The predicted octanol–water partition coefficient (Wildman–Crippen LogP) is 3.78. The fourth-order valence-electron chi connectivity index (χ4n) is 1.82. The SMILES string of the molecule is CC(C)(C)OC=O.FC(F)n1cc(-c2cc3[nH]ccc3cn2)cn1. The van der Waals surface area contributed by atoms with E-state index in [1.165, 1.54) is 12.4 Å². The van der Waals surface area contributed by atoms with E-state index in [4.69, 9.17) is 0 Å². The fourth-order valence-corrected chi connectivity index (χ4v) is 1.82. The van der Waals surface area contributed by atoms with Crippen molar-refractivity contribution in [3.63, 3.8) is 0 Å². The first-order chi connectivity index (χ1) is 11.3. The molecule has 0 aliphatic carbocycles. The zero-order valence-electron chi connectivity index (χ0n) is 13.5. The number of fused-ring (bicyclic) bond motifs is 1. The van der Waals surface area contributed by atoms with Gasteiger partial charge in [-0.1, -0.05) is 0 Å². The molecule has 0 unspecified atom stereocenters. The molecule has 128 valence electrons. The highest BCUT2D eigenvalue weighted by Gasteiger charge is 2.10. The maximum absolute atomic E-state index is 12.4. The Bertz CT molecular complexity index is 806. The molecule has 0 saturated heterocycles. The van der Waals surface area contributed by atoms with Crippen LogP contribution in [0, 0.1) is 0 Å². The Hall–Kier alpha value is -2.77. The number of pyridine rings is 1. The highest BCUT2D eigenvalue weighted by atomic mass is 19.3. The van der Waals surface area contributed by atoms with Crippen LogP contribution in [0.5, 0.6) is 0 Å². The number of nitrogens with zero attached hydrogens (tertiary/aromatic N) is 3. The van der Waals surface area contributed by atoms with Gasteiger partial charge in [-0.15, -0.1) is 0 Å². The molecule has 1 N–H and O–H groups in total. The third-order valence-electron chi connectivity index (χ3n) is 2.94. The average molecular weight is 336 g/mol. The summed E-state index contributed by atoms with van der Waals surface area (Å²) >= 11 is 0. The minimum Gasteiger partial charge on any atom is -0.462 e. The number of halogens is 2. The topological polar surface area (TPSA) is 72.8 Å².